The molecule has 0 fully saturated rings. The normalized spacial score (nSPS) is 7.00. The van der Waals surface area contributed by atoms with Crippen LogP contribution in [0.1, 0.15) is 0 Å². The van der Waals surface area contributed by atoms with Gasteiger partial charge in [-0.25, -0.2) is 0 Å². The molecule has 0 spiro atoms. The van der Waals surface area contributed by atoms with Gasteiger partial charge < -0.3 is 5.23 Å². The Labute approximate surface area is 56.5 Å². The fourth-order valence-corrected chi connectivity index (χ4v) is 0.514. The van der Waals surface area contributed by atoms with Crippen molar-refractivity contribution in [1.29, 1.82) is 0 Å². The molecule has 1 N–H and O–H groups in total. The Morgan fingerprint density at radius 1 is 2.00 bits per heavy atom. The highest BCUT2D eigenvalue weighted by Crippen LogP contribution is 1.69. The van der Waals surface area contributed by atoms with Crippen LogP contribution in [0.25, 0.3) is 0 Å². The third kappa shape index (κ3) is 3.85. The molecule has 0 aromatic rings. The summed E-state index contributed by atoms with van der Waals surface area (Å²) in [4.78, 5) is 10.2. The van der Waals surface area contributed by atoms with E-state index in [1.165, 1.54) is 6.08 Å². The quantitative estimate of drug-likeness (QED) is 0.386. The molecular formula is C3H5BINO. The second kappa shape index (κ2) is 4.17. The first-order valence-corrected chi connectivity index (χ1v) is 3.30. The minimum absolute atomic E-state index is 0.116. The van der Waals surface area contributed by atoms with Crippen LogP contribution in [0.15, 0.2) is 12.7 Å². The maximum atomic E-state index is 10.2. The minimum Gasteiger partial charge on any atom is -0.389 e. The Kier molecular flexibility index (Phi) is 4.17. The lowest BCUT2D eigenvalue weighted by Gasteiger charge is -1.87. The van der Waals surface area contributed by atoms with Gasteiger partial charge in [-0.2, -0.15) is 0 Å². The first kappa shape index (κ1) is 7.00. The molecule has 0 radical (unpaired) electrons. The average Bonchev–Trinajstić information content (AvgIpc) is 1.68. The number of hydrogen-bond donors (Lipinski definition) is 1. The molecule has 0 heterocycles. The zero-order chi connectivity index (χ0) is 5.70. The molecule has 0 bridgehead atoms. The molecule has 2 nitrogen and oxygen atoms in total. The monoisotopic (exact) mass is 209 g/mol. The fraction of sp³-hybridized carbons (Fsp3) is 0. The third-order valence-electron chi connectivity index (χ3n) is 0.426. The van der Waals surface area contributed by atoms with Crippen molar-refractivity contribution >= 4 is 33.6 Å². The maximum Gasteiger partial charge on any atom is 0.309 e. The molecule has 4 heteroatoms. The standard InChI is InChI=1S/C3H5BINO/c1-2-3(7)6-4-5/h2,4H,1H2,(H,6,7). The largest absolute Gasteiger partial charge is 0.389 e. The molecule has 0 aliphatic carbocycles. The van der Waals surface area contributed by atoms with Gasteiger partial charge >= 0.3 is 5.27 Å². The van der Waals surface area contributed by atoms with Crippen LogP contribution in [0.3, 0.4) is 0 Å². The number of carbonyl (C=O) groups is 1. The van der Waals surface area contributed by atoms with Crippen molar-refractivity contribution in [2.75, 3.05) is 0 Å². The van der Waals surface area contributed by atoms with E-state index in [-0.39, 0.29) is 5.91 Å². The van der Waals surface area contributed by atoms with Crippen LogP contribution in [-0.4, -0.2) is 11.2 Å². The zero-order valence-corrected chi connectivity index (χ0v) is 5.94. The van der Waals surface area contributed by atoms with Crippen LogP contribution in [0, 0.1) is 0 Å². The van der Waals surface area contributed by atoms with Gasteiger partial charge in [-0.1, -0.05) is 6.58 Å². The summed E-state index contributed by atoms with van der Waals surface area (Å²) in [6.45, 7) is 3.26. The van der Waals surface area contributed by atoms with Crippen molar-refractivity contribution in [3.63, 3.8) is 0 Å². The zero-order valence-electron chi connectivity index (χ0n) is 3.78. The van der Waals surface area contributed by atoms with E-state index < -0.39 is 0 Å². The summed E-state index contributed by atoms with van der Waals surface area (Å²) >= 11 is 2.05. The molecule has 0 atom stereocenters. The van der Waals surface area contributed by atoms with E-state index in [1.807, 2.05) is 22.4 Å². The van der Waals surface area contributed by atoms with E-state index in [2.05, 4.69) is 11.8 Å². The summed E-state index contributed by atoms with van der Waals surface area (Å²) < 4.78 is 0. The second-order valence-electron chi connectivity index (χ2n) is 0.879. The van der Waals surface area contributed by atoms with E-state index in [4.69, 9.17) is 0 Å². The fourth-order valence-electron chi connectivity index (χ4n) is 0.138. The molecule has 0 aromatic heterocycles. The van der Waals surface area contributed by atoms with Crippen molar-refractivity contribution in [1.82, 2.24) is 5.23 Å². The lowest BCUT2D eigenvalue weighted by atomic mass is 10.4. The lowest BCUT2D eigenvalue weighted by Crippen LogP contribution is -2.20. The van der Waals surface area contributed by atoms with Gasteiger partial charge in [0.25, 0.3) is 0 Å². The minimum atomic E-state index is -0.116. The van der Waals surface area contributed by atoms with Gasteiger partial charge in [0.05, 0.1) is 0 Å². The lowest BCUT2D eigenvalue weighted by molar-refractivity contribution is -0.114. The molecule has 0 aliphatic rings. The molecular weight excluding hydrogens is 204 g/mol. The highest BCUT2D eigenvalue weighted by molar-refractivity contribution is 14.1. The van der Waals surface area contributed by atoms with Crippen LogP contribution < -0.4 is 5.23 Å². The predicted octanol–water partition coefficient (Wildman–Crippen LogP) is -0.00990. The predicted molar refractivity (Wildman–Crippen MR) is 39.5 cm³/mol. The molecule has 0 saturated heterocycles. The van der Waals surface area contributed by atoms with Gasteiger partial charge in [0.2, 0.25) is 5.91 Å². The summed E-state index contributed by atoms with van der Waals surface area (Å²) in [7, 11) is 0. The van der Waals surface area contributed by atoms with Gasteiger partial charge in [-0.3, -0.25) is 4.79 Å². The van der Waals surface area contributed by atoms with Crippen molar-refractivity contribution in [3.05, 3.63) is 12.7 Å². The summed E-state index contributed by atoms with van der Waals surface area (Å²) in [6.07, 6.45) is 1.25. The third-order valence-corrected chi connectivity index (χ3v) is 0.808. The van der Waals surface area contributed by atoms with Crippen LogP contribution >= 0.6 is 22.4 Å². The number of halogens is 1. The number of rotatable bonds is 2. The van der Waals surface area contributed by atoms with Crippen LogP contribution in [-0.2, 0) is 4.79 Å². The maximum absolute atomic E-state index is 10.2. The average molecular weight is 209 g/mol. The van der Waals surface area contributed by atoms with E-state index in [9.17, 15) is 4.79 Å². The van der Waals surface area contributed by atoms with E-state index in [1.54, 1.807) is 0 Å². The van der Waals surface area contributed by atoms with Gasteiger partial charge in [-0.05, 0) is 6.08 Å². The number of amides is 1. The van der Waals surface area contributed by atoms with Crippen LogP contribution in [0.5, 0.6) is 0 Å². The van der Waals surface area contributed by atoms with Crippen molar-refractivity contribution in [3.8, 4) is 0 Å². The van der Waals surface area contributed by atoms with E-state index in [0.717, 1.165) is 0 Å². The summed E-state index contributed by atoms with van der Waals surface area (Å²) in [5.41, 5.74) is 0. The van der Waals surface area contributed by atoms with Crippen molar-refractivity contribution in [2.24, 2.45) is 0 Å². The second-order valence-corrected chi connectivity index (χ2v) is 1.64. The Balaban J connectivity index is 3.17. The van der Waals surface area contributed by atoms with Crippen molar-refractivity contribution < 1.29 is 4.79 Å². The Bertz CT molecular complexity index is 85.0. The molecule has 1 amide bonds. The van der Waals surface area contributed by atoms with E-state index in [0.29, 0.717) is 5.27 Å². The van der Waals surface area contributed by atoms with Gasteiger partial charge in [0.15, 0.2) is 0 Å². The summed E-state index contributed by atoms with van der Waals surface area (Å²) in [5, 5.41) is 3.17. The highest BCUT2D eigenvalue weighted by atomic mass is 127. The van der Waals surface area contributed by atoms with Crippen molar-refractivity contribution in [2.45, 2.75) is 0 Å². The molecule has 0 aliphatic heterocycles. The first-order chi connectivity index (χ1) is 3.31. The molecule has 0 saturated carbocycles. The Morgan fingerprint density at radius 3 is 2.71 bits per heavy atom. The topological polar surface area (TPSA) is 29.1 Å². The highest BCUT2D eigenvalue weighted by Gasteiger charge is 1.86. The molecule has 0 unspecified atom stereocenters. The smallest absolute Gasteiger partial charge is 0.309 e. The molecule has 38 valence electrons. The van der Waals surface area contributed by atoms with Gasteiger partial charge in [0.1, 0.15) is 0 Å². The number of nitrogens with one attached hydrogen (secondary N) is 1. The van der Waals surface area contributed by atoms with Gasteiger partial charge in [0, 0.05) is 0 Å². The Morgan fingerprint density at radius 2 is 2.57 bits per heavy atom. The Hall–Kier alpha value is 0.00494. The summed E-state index contributed by atoms with van der Waals surface area (Å²) in [6, 6.07) is 0. The van der Waals surface area contributed by atoms with Crippen LogP contribution in [0.4, 0.5) is 0 Å². The van der Waals surface area contributed by atoms with Gasteiger partial charge in [-0.15, -0.1) is 22.4 Å². The van der Waals surface area contributed by atoms with E-state index >= 15 is 0 Å². The number of hydrogen-bond acceptors (Lipinski definition) is 1. The molecule has 0 aromatic carbocycles. The summed E-state index contributed by atoms with van der Waals surface area (Å²) in [5.74, 6) is -0.116. The molecule has 7 heavy (non-hydrogen) atoms. The molecule has 0 rings (SSSR count). The number of carbonyl (C=O) groups excluding carboxylic acids is 1. The first-order valence-electron chi connectivity index (χ1n) is 1.77. The SMILES string of the molecule is C=CC(=O)NBI. The van der Waals surface area contributed by atoms with Crippen LogP contribution in [0.2, 0.25) is 0 Å².